The summed E-state index contributed by atoms with van der Waals surface area (Å²) in [5.74, 6) is 0.820. The fraction of sp³-hybridized carbons (Fsp3) is 0.533. The number of hydrogen-bond donors (Lipinski definition) is 3. The van der Waals surface area contributed by atoms with Crippen LogP contribution in [-0.4, -0.2) is 68.6 Å². The average molecular weight is 471 g/mol. The summed E-state index contributed by atoms with van der Waals surface area (Å²) < 4.78 is 10.4. The minimum Gasteiger partial charge on any atom is -0.495 e. The number of benzene rings is 1. The summed E-state index contributed by atoms with van der Waals surface area (Å²) in [6, 6.07) is 5.23. The van der Waals surface area contributed by atoms with E-state index < -0.39 is 6.10 Å². The smallest absolute Gasteiger partial charge is 0.193 e. The lowest BCUT2D eigenvalue weighted by Crippen LogP contribution is -2.42. The molecule has 0 spiro atoms. The zero-order chi connectivity index (χ0) is 16.7. The summed E-state index contributed by atoms with van der Waals surface area (Å²) >= 11 is 6.05. The van der Waals surface area contributed by atoms with Gasteiger partial charge in [0.1, 0.15) is 5.75 Å². The first kappa shape index (κ1) is 21.2. The minimum atomic E-state index is -0.562. The van der Waals surface area contributed by atoms with Crippen LogP contribution in [0.3, 0.4) is 0 Å². The van der Waals surface area contributed by atoms with Gasteiger partial charge in [-0.2, -0.15) is 0 Å². The van der Waals surface area contributed by atoms with Gasteiger partial charge in [-0.3, -0.25) is 9.89 Å². The van der Waals surface area contributed by atoms with Crippen LogP contribution in [0.1, 0.15) is 0 Å². The summed E-state index contributed by atoms with van der Waals surface area (Å²) in [7, 11) is 1.56. The van der Waals surface area contributed by atoms with Crippen molar-refractivity contribution in [2.24, 2.45) is 10.7 Å². The molecule has 1 aliphatic rings. The van der Waals surface area contributed by atoms with Crippen LogP contribution < -0.4 is 15.8 Å². The van der Waals surface area contributed by atoms with E-state index in [0.29, 0.717) is 36.2 Å². The number of aliphatic imine (C=N–C) groups is 1. The molecule has 0 amide bonds. The van der Waals surface area contributed by atoms with Crippen LogP contribution in [0.15, 0.2) is 23.2 Å². The standard InChI is InChI=1S/C15H23ClN4O3.HI/c1-22-14-3-2-11(8-13(14)16)19-15(17)18-9-12(21)10-20-4-6-23-7-5-20;/h2-3,8,12,21H,4-7,9-10H2,1H3,(H3,17,18,19);1H. The topological polar surface area (TPSA) is 92.3 Å². The fourth-order valence-corrected chi connectivity index (χ4v) is 2.53. The van der Waals surface area contributed by atoms with Gasteiger partial charge in [0.25, 0.3) is 0 Å². The first-order chi connectivity index (χ1) is 11.1. The largest absolute Gasteiger partial charge is 0.495 e. The number of methoxy groups -OCH3 is 1. The van der Waals surface area contributed by atoms with E-state index in [1.165, 1.54) is 0 Å². The van der Waals surface area contributed by atoms with Crippen molar-refractivity contribution in [3.8, 4) is 5.75 Å². The molecular formula is C15H24ClIN4O3. The van der Waals surface area contributed by atoms with Crippen LogP contribution >= 0.6 is 35.6 Å². The summed E-state index contributed by atoms with van der Waals surface area (Å²) in [6.45, 7) is 3.88. The number of nitrogens with one attached hydrogen (secondary N) is 1. The number of aliphatic hydroxyl groups excluding tert-OH is 1. The van der Waals surface area contributed by atoms with Crippen LogP contribution in [0, 0.1) is 0 Å². The third-order valence-electron chi connectivity index (χ3n) is 3.47. The zero-order valence-corrected chi connectivity index (χ0v) is 16.7. The average Bonchev–Trinajstić information content (AvgIpc) is 2.54. The first-order valence-corrected chi connectivity index (χ1v) is 7.85. The Morgan fingerprint density at radius 1 is 1.50 bits per heavy atom. The monoisotopic (exact) mass is 470 g/mol. The number of rotatable bonds is 6. The number of nitrogens with two attached hydrogens (primary N) is 1. The van der Waals surface area contributed by atoms with Gasteiger partial charge in [-0.15, -0.1) is 24.0 Å². The Morgan fingerprint density at radius 3 is 2.83 bits per heavy atom. The van der Waals surface area contributed by atoms with E-state index in [-0.39, 0.29) is 36.5 Å². The number of anilines is 1. The van der Waals surface area contributed by atoms with Crippen molar-refractivity contribution in [3.63, 3.8) is 0 Å². The molecule has 0 saturated carbocycles. The Kier molecular flexibility index (Phi) is 9.67. The number of hydrogen-bond acceptors (Lipinski definition) is 5. The lowest BCUT2D eigenvalue weighted by atomic mass is 10.3. The highest BCUT2D eigenvalue weighted by molar-refractivity contribution is 14.0. The normalized spacial score (nSPS) is 17.0. The van der Waals surface area contributed by atoms with Gasteiger partial charge in [0.2, 0.25) is 0 Å². The number of β-amino-alcohol motifs (C(OH)–C–C–N with tert-alkyl or cyclic N) is 1. The SMILES string of the molecule is COc1ccc(NC(N)=NCC(O)CN2CCOCC2)cc1Cl.I. The number of guanidine groups is 1. The molecule has 0 radical (unpaired) electrons. The number of nitrogens with zero attached hydrogens (tertiary/aromatic N) is 2. The molecule has 1 aliphatic heterocycles. The number of ether oxygens (including phenoxy) is 2. The van der Waals surface area contributed by atoms with E-state index in [1.54, 1.807) is 25.3 Å². The van der Waals surface area contributed by atoms with Gasteiger partial charge < -0.3 is 25.6 Å². The predicted molar refractivity (Wildman–Crippen MR) is 107 cm³/mol. The number of halogens is 2. The van der Waals surface area contributed by atoms with Crippen LogP contribution in [0.25, 0.3) is 0 Å². The Balaban J connectivity index is 0.00000288. The van der Waals surface area contributed by atoms with E-state index in [4.69, 9.17) is 26.8 Å². The quantitative estimate of drug-likeness (QED) is 0.331. The van der Waals surface area contributed by atoms with Crippen LogP contribution in [0.5, 0.6) is 5.75 Å². The van der Waals surface area contributed by atoms with E-state index >= 15 is 0 Å². The van der Waals surface area contributed by atoms with Gasteiger partial charge in [0.05, 0.1) is 38.0 Å². The van der Waals surface area contributed by atoms with E-state index in [9.17, 15) is 5.11 Å². The maximum absolute atomic E-state index is 10.0. The summed E-state index contributed by atoms with van der Waals surface area (Å²) in [4.78, 5) is 6.31. The van der Waals surface area contributed by atoms with Crippen molar-refractivity contribution < 1.29 is 14.6 Å². The predicted octanol–water partition coefficient (Wildman–Crippen LogP) is 1.39. The second kappa shape index (κ2) is 10.9. The lowest BCUT2D eigenvalue weighted by Gasteiger charge is -2.28. The molecule has 1 heterocycles. The second-order valence-electron chi connectivity index (χ2n) is 5.27. The molecule has 0 aliphatic carbocycles. The van der Waals surface area contributed by atoms with Crippen LogP contribution in [0.2, 0.25) is 5.02 Å². The van der Waals surface area contributed by atoms with E-state index in [1.807, 2.05) is 0 Å². The Hall–Kier alpha value is -0.810. The molecule has 1 atom stereocenters. The van der Waals surface area contributed by atoms with Crippen LogP contribution in [-0.2, 0) is 4.74 Å². The maximum Gasteiger partial charge on any atom is 0.193 e. The molecule has 1 fully saturated rings. The number of aliphatic hydroxyl groups is 1. The molecular weight excluding hydrogens is 447 g/mol. The zero-order valence-electron chi connectivity index (χ0n) is 13.6. The molecule has 1 aromatic carbocycles. The second-order valence-corrected chi connectivity index (χ2v) is 5.67. The number of morpholine rings is 1. The Morgan fingerprint density at radius 2 is 2.21 bits per heavy atom. The Labute approximate surface area is 164 Å². The minimum absolute atomic E-state index is 0. The summed E-state index contributed by atoms with van der Waals surface area (Å²) in [6.07, 6.45) is -0.562. The van der Waals surface area contributed by atoms with Gasteiger partial charge in [-0.05, 0) is 18.2 Å². The van der Waals surface area contributed by atoms with Crippen molar-refractivity contribution in [1.82, 2.24) is 4.90 Å². The van der Waals surface area contributed by atoms with Crippen molar-refractivity contribution in [2.45, 2.75) is 6.10 Å². The third kappa shape index (κ3) is 6.98. The van der Waals surface area contributed by atoms with Gasteiger partial charge >= 0.3 is 0 Å². The van der Waals surface area contributed by atoms with Crippen molar-refractivity contribution in [1.29, 1.82) is 0 Å². The van der Waals surface area contributed by atoms with Crippen LogP contribution in [0.4, 0.5) is 5.69 Å². The molecule has 7 nitrogen and oxygen atoms in total. The van der Waals surface area contributed by atoms with Crippen molar-refractivity contribution in [2.75, 3.05) is 51.8 Å². The molecule has 9 heteroatoms. The molecule has 4 N–H and O–H groups in total. The van der Waals surface area contributed by atoms with Gasteiger partial charge in [0.15, 0.2) is 5.96 Å². The molecule has 1 unspecified atom stereocenters. The van der Waals surface area contributed by atoms with Crippen molar-refractivity contribution in [3.05, 3.63) is 23.2 Å². The molecule has 1 aromatic rings. The van der Waals surface area contributed by atoms with Gasteiger partial charge in [-0.25, -0.2) is 0 Å². The Bertz CT molecular complexity index is 541. The fourth-order valence-electron chi connectivity index (χ4n) is 2.27. The van der Waals surface area contributed by atoms with Crippen molar-refractivity contribution >= 4 is 47.2 Å². The first-order valence-electron chi connectivity index (χ1n) is 7.47. The van der Waals surface area contributed by atoms with Gasteiger partial charge in [0, 0.05) is 25.3 Å². The highest BCUT2D eigenvalue weighted by atomic mass is 127. The molecule has 2 rings (SSSR count). The van der Waals surface area contributed by atoms with E-state index in [2.05, 4.69) is 15.2 Å². The lowest BCUT2D eigenvalue weighted by molar-refractivity contribution is 0.0165. The maximum atomic E-state index is 10.0. The molecule has 0 bridgehead atoms. The third-order valence-corrected chi connectivity index (χ3v) is 3.76. The molecule has 24 heavy (non-hydrogen) atoms. The molecule has 0 aromatic heterocycles. The summed E-state index contributed by atoms with van der Waals surface area (Å²) in [5.41, 5.74) is 6.54. The summed E-state index contributed by atoms with van der Waals surface area (Å²) in [5, 5.41) is 13.4. The molecule has 1 saturated heterocycles. The molecule has 136 valence electrons. The van der Waals surface area contributed by atoms with E-state index in [0.717, 1.165) is 13.1 Å². The van der Waals surface area contributed by atoms with Gasteiger partial charge in [-0.1, -0.05) is 11.6 Å². The highest BCUT2D eigenvalue weighted by Gasteiger charge is 2.14. The highest BCUT2D eigenvalue weighted by Crippen LogP contribution is 2.26.